The van der Waals surface area contributed by atoms with Crippen LogP contribution in [0.25, 0.3) is 0 Å². The van der Waals surface area contributed by atoms with Crippen LogP contribution in [0.4, 0.5) is 0 Å². The zero-order chi connectivity index (χ0) is 12.4. The molecular weight excluding hydrogens is 228 g/mol. The van der Waals surface area contributed by atoms with Gasteiger partial charge in [0.15, 0.2) is 0 Å². The summed E-state index contributed by atoms with van der Waals surface area (Å²) in [5.41, 5.74) is 2.97. The summed E-state index contributed by atoms with van der Waals surface area (Å²) in [4.78, 5) is 0. The van der Waals surface area contributed by atoms with Gasteiger partial charge in [-0.2, -0.15) is 0 Å². The molecule has 92 valence electrons. The third-order valence-electron chi connectivity index (χ3n) is 3.95. The van der Waals surface area contributed by atoms with Crippen molar-refractivity contribution in [3.63, 3.8) is 0 Å². The minimum Gasteiger partial charge on any atom is -0.0853 e. The van der Waals surface area contributed by atoms with Crippen molar-refractivity contribution in [3.05, 3.63) is 46.5 Å². The Bertz CT molecular complexity index is 400. The highest BCUT2D eigenvalue weighted by atomic mass is 35.5. The van der Waals surface area contributed by atoms with E-state index < -0.39 is 0 Å². The first-order valence-electron chi connectivity index (χ1n) is 6.49. The van der Waals surface area contributed by atoms with Gasteiger partial charge in [0, 0.05) is 5.02 Å². The average molecular weight is 249 g/mol. The highest BCUT2D eigenvalue weighted by Crippen LogP contribution is 2.41. The summed E-state index contributed by atoms with van der Waals surface area (Å²) in [5.74, 6) is 2.16. The van der Waals surface area contributed by atoms with Crippen molar-refractivity contribution in [2.24, 2.45) is 11.8 Å². The summed E-state index contributed by atoms with van der Waals surface area (Å²) in [6.07, 6.45) is 4.83. The van der Waals surface area contributed by atoms with E-state index in [4.69, 9.17) is 11.6 Å². The van der Waals surface area contributed by atoms with Gasteiger partial charge in [0.05, 0.1) is 0 Å². The minimum absolute atomic E-state index is 0.664. The van der Waals surface area contributed by atoms with Crippen LogP contribution in [0.5, 0.6) is 0 Å². The Hall–Kier alpha value is -0.750. The fraction of sp³-hybridized carbons (Fsp3) is 0.500. The van der Waals surface area contributed by atoms with Gasteiger partial charge in [0.25, 0.3) is 0 Å². The monoisotopic (exact) mass is 248 g/mol. The molecule has 0 saturated heterocycles. The van der Waals surface area contributed by atoms with Gasteiger partial charge >= 0.3 is 0 Å². The molecule has 1 aliphatic rings. The van der Waals surface area contributed by atoms with Gasteiger partial charge in [-0.25, -0.2) is 0 Å². The van der Waals surface area contributed by atoms with Crippen LogP contribution in [-0.4, -0.2) is 0 Å². The second-order valence-corrected chi connectivity index (χ2v) is 5.99. The molecule has 0 heterocycles. The van der Waals surface area contributed by atoms with E-state index >= 15 is 0 Å². The van der Waals surface area contributed by atoms with Gasteiger partial charge < -0.3 is 0 Å². The number of halogens is 1. The van der Waals surface area contributed by atoms with E-state index in [1.54, 1.807) is 0 Å². The predicted octanol–water partition coefficient (Wildman–Crippen LogP) is 5.44. The average Bonchev–Trinajstić information content (AvgIpc) is 2.29. The van der Waals surface area contributed by atoms with E-state index in [1.807, 2.05) is 12.1 Å². The lowest BCUT2D eigenvalue weighted by molar-refractivity contribution is 0.305. The molecule has 17 heavy (non-hydrogen) atoms. The van der Waals surface area contributed by atoms with Crippen LogP contribution in [0.3, 0.4) is 0 Å². The van der Waals surface area contributed by atoms with Crippen LogP contribution in [0.1, 0.15) is 45.1 Å². The van der Waals surface area contributed by atoms with Crippen LogP contribution in [0, 0.1) is 11.8 Å². The Morgan fingerprint density at radius 2 is 1.82 bits per heavy atom. The first-order valence-corrected chi connectivity index (χ1v) is 6.87. The maximum atomic E-state index is 5.97. The van der Waals surface area contributed by atoms with Crippen molar-refractivity contribution >= 4 is 11.6 Å². The fourth-order valence-corrected chi connectivity index (χ4v) is 3.02. The highest BCUT2D eigenvalue weighted by molar-refractivity contribution is 6.30. The van der Waals surface area contributed by atoms with E-state index in [0.29, 0.717) is 5.92 Å². The molecule has 0 spiro atoms. The Morgan fingerprint density at radius 3 is 2.41 bits per heavy atom. The number of hydrogen-bond donors (Lipinski definition) is 0. The zero-order valence-electron chi connectivity index (χ0n) is 10.9. The molecule has 0 fully saturated rings. The fourth-order valence-electron chi connectivity index (χ4n) is 2.89. The number of benzene rings is 1. The summed E-state index contributed by atoms with van der Waals surface area (Å²) in [5, 5.41) is 0.831. The molecule has 2 atom stereocenters. The normalized spacial score (nSPS) is 24.9. The van der Waals surface area contributed by atoms with Crippen molar-refractivity contribution in [1.82, 2.24) is 0 Å². The second-order valence-electron chi connectivity index (χ2n) is 5.56. The number of rotatable bonds is 2. The van der Waals surface area contributed by atoms with Gasteiger partial charge in [-0.15, -0.1) is 0 Å². The molecule has 0 aliphatic heterocycles. The lowest BCUT2D eigenvalue weighted by atomic mass is 9.71. The van der Waals surface area contributed by atoms with Gasteiger partial charge in [-0.1, -0.05) is 49.2 Å². The Labute approximate surface area is 110 Å². The van der Waals surface area contributed by atoms with Crippen LogP contribution in [0.15, 0.2) is 35.9 Å². The first-order chi connectivity index (χ1) is 8.08. The third kappa shape index (κ3) is 2.93. The lowest BCUT2D eigenvalue weighted by Crippen LogP contribution is -2.21. The minimum atomic E-state index is 0.664. The van der Waals surface area contributed by atoms with Crippen LogP contribution in [0.2, 0.25) is 5.02 Å². The quantitative estimate of drug-likeness (QED) is 0.612. The van der Waals surface area contributed by atoms with E-state index in [1.165, 1.54) is 24.0 Å². The van der Waals surface area contributed by atoms with Crippen molar-refractivity contribution in [2.75, 3.05) is 0 Å². The predicted molar refractivity (Wildman–Crippen MR) is 75.5 cm³/mol. The molecule has 2 rings (SSSR count). The molecule has 0 bridgehead atoms. The Kier molecular flexibility index (Phi) is 3.93. The number of hydrogen-bond acceptors (Lipinski definition) is 0. The maximum Gasteiger partial charge on any atom is 0.0406 e. The molecule has 0 saturated carbocycles. The zero-order valence-corrected chi connectivity index (χ0v) is 11.7. The molecule has 0 amide bonds. The summed E-state index contributed by atoms with van der Waals surface area (Å²) in [6.45, 7) is 6.92. The van der Waals surface area contributed by atoms with E-state index in [-0.39, 0.29) is 0 Å². The topological polar surface area (TPSA) is 0 Å². The molecule has 0 nitrogen and oxygen atoms in total. The van der Waals surface area contributed by atoms with Gasteiger partial charge in [0.2, 0.25) is 0 Å². The van der Waals surface area contributed by atoms with Crippen molar-refractivity contribution in [2.45, 2.75) is 39.5 Å². The Morgan fingerprint density at radius 1 is 1.18 bits per heavy atom. The maximum absolute atomic E-state index is 5.97. The van der Waals surface area contributed by atoms with Crippen LogP contribution < -0.4 is 0 Å². The standard InChI is InChI=1S/C16H21Cl/c1-11(2)15-9-4-12(3)10-16(15)13-5-7-14(17)8-6-13/h4-8,11,15-16H,9-10H2,1-3H3. The second kappa shape index (κ2) is 5.27. The van der Waals surface area contributed by atoms with Crippen LogP contribution in [-0.2, 0) is 0 Å². The lowest BCUT2D eigenvalue weighted by Gasteiger charge is -2.34. The third-order valence-corrected chi connectivity index (χ3v) is 4.20. The molecule has 1 aliphatic carbocycles. The summed E-state index contributed by atoms with van der Waals surface area (Å²) in [7, 11) is 0. The van der Waals surface area contributed by atoms with Crippen molar-refractivity contribution in [1.29, 1.82) is 0 Å². The largest absolute Gasteiger partial charge is 0.0853 e. The molecule has 0 aromatic heterocycles. The molecule has 1 aromatic carbocycles. The molecule has 1 heteroatoms. The summed E-state index contributed by atoms with van der Waals surface area (Å²) >= 11 is 5.97. The molecule has 1 aromatic rings. The molecular formula is C16H21Cl. The number of allylic oxidation sites excluding steroid dienone is 2. The van der Waals surface area contributed by atoms with E-state index in [9.17, 15) is 0 Å². The highest BCUT2D eigenvalue weighted by Gasteiger charge is 2.28. The van der Waals surface area contributed by atoms with Gasteiger partial charge in [-0.05, 0) is 55.2 Å². The molecule has 2 unspecified atom stereocenters. The van der Waals surface area contributed by atoms with Crippen molar-refractivity contribution < 1.29 is 0 Å². The smallest absolute Gasteiger partial charge is 0.0406 e. The SMILES string of the molecule is CC1=CCC(C(C)C)C(c2ccc(Cl)cc2)C1. The summed E-state index contributed by atoms with van der Waals surface area (Å²) in [6, 6.07) is 8.42. The van der Waals surface area contributed by atoms with Crippen molar-refractivity contribution in [3.8, 4) is 0 Å². The van der Waals surface area contributed by atoms with E-state index in [0.717, 1.165) is 16.9 Å². The van der Waals surface area contributed by atoms with Crippen LogP contribution >= 0.6 is 11.6 Å². The molecule has 0 N–H and O–H groups in total. The summed E-state index contributed by atoms with van der Waals surface area (Å²) < 4.78 is 0. The van der Waals surface area contributed by atoms with Gasteiger partial charge in [-0.3, -0.25) is 0 Å². The first kappa shape index (κ1) is 12.7. The van der Waals surface area contributed by atoms with E-state index in [2.05, 4.69) is 39.0 Å². The molecule has 0 radical (unpaired) electrons. The Balaban J connectivity index is 2.27. The van der Waals surface area contributed by atoms with Gasteiger partial charge in [0.1, 0.15) is 0 Å².